The van der Waals surface area contributed by atoms with Gasteiger partial charge in [0.1, 0.15) is 5.75 Å². The third-order valence-corrected chi connectivity index (χ3v) is 3.92. The molecule has 0 bridgehead atoms. The molecule has 0 amide bonds. The normalized spacial score (nSPS) is 17.3. The van der Waals surface area contributed by atoms with Crippen LogP contribution in [0.2, 0.25) is 0 Å². The molecule has 8 heteroatoms. The zero-order chi connectivity index (χ0) is 18.9. The van der Waals surface area contributed by atoms with E-state index in [0.717, 1.165) is 12.1 Å². The van der Waals surface area contributed by atoms with Gasteiger partial charge in [0.05, 0.1) is 18.2 Å². The molecule has 1 aromatic heterocycles. The van der Waals surface area contributed by atoms with E-state index < -0.39 is 23.6 Å². The Labute approximate surface area is 147 Å². The van der Waals surface area contributed by atoms with Crippen LogP contribution in [0.15, 0.2) is 48.6 Å². The second-order valence-corrected chi connectivity index (χ2v) is 5.55. The van der Waals surface area contributed by atoms with Gasteiger partial charge < -0.3 is 14.8 Å². The van der Waals surface area contributed by atoms with E-state index in [9.17, 15) is 18.0 Å². The average molecular weight is 364 g/mol. The van der Waals surface area contributed by atoms with Crippen LogP contribution in [-0.2, 0) is 15.7 Å². The Balaban J connectivity index is 2.08. The number of alkyl halides is 3. The molecule has 3 rings (SSSR count). The zero-order valence-corrected chi connectivity index (χ0v) is 13.9. The highest BCUT2D eigenvalue weighted by atomic mass is 19.4. The molecule has 1 aliphatic rings. The number of halogens is 3. The number of carbonyl (C=O) groups is 1. The van der Waals surface area contributed by atoms with Crippen LogP contribution in [0.25, 0.3) is 5.57 Å². The van der Waals surface area contributed by atoms with E-state index in [2.05, 4.69) is 10.3 Å². The molecule has 0 aliphatic carbocycles. The van der Waals surface area contributed by atoms with E-state index in [-0.39, 0.29) is 22.8 Å². The van der Waals surface area contributed by atoms with Crippen LogP contribution in [0.1, 0.15) is 22.8 Å². The molecule has 1 unspecified atom stereocenters. The lowest BCUT2D eigenvalue weighted by molar-refractivity contribution is -0.137. The van der Waals surface area contributed by atoms with Crippen LogP contribution in [0, 0.1) is 0 Å². The molecule has 0 saturated carbocycles. The topological polar surface area (TPSA) is 60.5 Å². The smallest absolute Gasteiger partial charge is 0.416 e. The predicted molar refractivity (Wildman–Crippen MR) is 87.0 cm³/mol. The van der Waals surface area contributed by atoms with Crippen LogP contribution in [0.4, 0.5) is 13.2 Å². The van der Waals surface area contributed by atoms with Gasteiger partial charge >= 0.3 is 6.18 Å². The number of ether oxygens (including phenoxy) is 2. The first-order valence-corrected chi connectivity index (χ1v) is 7.64. The number of hydrogen-bond donors (Lipinski definition) is 1. The van der Waals surface area contributed by atoms with Crippen LogP contribution >= 0.6 is 0 Å². The van der Waals surface area contributed by atoms with E-state index >= 15 is 0 Å². The fraction of sp³-hybridized carbons (Fsp3) is 0.222. The molecule has 1 aliphatic heterocycles. The summed E-state index contributed by atoms with van der Waals surface area (Å²) in [6.07, 6.45) is -2.52. The van der Waals surface area contributed by atoms with Crippen molar-refractivity contribution in [2.75, 3.05) is 14.2 Å². The number of carbonyl (C=O) groups excluding carboxylic acids is 1. The first-order valence-electron chi connectivity index (χ1n) is 7.64. The zero-order valence-electron chi connectivity index (χ0n) is 13.9. The summed E-state index contributed by atoms with van der Waals surface area (Å²) in [5.41, 5.74) is -0.296. The molecule has 0 saturated heterocycles. The van der Waals surface area contributed by atoms with E-state index in [0.29, 0.717) is 5.56 Å². The van der Waals surface area contributed by atoms with E-state index in [1.165, 1.54) is 26.4 Å². The largest absolute Gasteiger partial charge is 0.497 e. The quantitative estimate of drug-likeness (QED) is 0.902. The van der Waals surface area contributed by atoms with Crippen molar-refractivity contribution in [1.29, 1.82) is 0 Å². The minimum absolute atomic E-state index is 0.00425. The van der Waals surface area contributed by atoms with Gasteiger partial charge in [-0.1, -0.05) is 6.07 Å². The molecule has 0 radical (unpaired) electrons. The summed E-state index contributed by atoms with van der Waals surface area (Å²) in [6, 6.07) is 6.47. The molecule has 0 fully saturated rings. The molecule has 1 atom stereocenters. The van der Waals surface area contributed by atoms with E-state index in [4.69, 9.17) is 9.47 Å². The Kier molecular flexibility index (Phi) is 4.58. The van der Waals surface area contributed by atoms with Gasteiger partial charge in [-0.25, -0.2) is 0 Å². The van der Waals surface area contributed by atoms with Gasteiger partial charge in [0.25, 0.3) is 0 Å². The number of Topliss-reactive ketones (excluding diaryl/α,β-unsaturated/α-hetero) is 1. The van der Waals surface area contributed by atoms with Gasteiger partial charge in [-0.2, -0.15) is 13.2 Å². The molecule has 26 heavy (non-hydrogen) atoms. The molecule has 1 aromatic carbocycles. The van der Waals surface area contributed by atoms with Gasteiger partial charge in [-0.3, -0.25) is 9.78 Å². The highest BCUT2D eigenvalue weighted by Gasteiger charge is 2.39. The number of benzene rings is 1. The summed E-state index contributed by atoms with van der Waals surface area (Å²) in [6.45, 7) is 0. The number of nitrogens with one attached hydrogen (secondary N) is 1. The molecule has 2 aromatic rings. The second-order valence-electron chi connectivity index (χ2n) is 5.55. The monoisotopic (exact) mass is 364 g/mol. The first kappa shape index (κ1) is 17.8. The fourth-order valence-corrected chi connectivity index (χ4v) is 2.71. The lowest BCUT2D eigenvalue weighted by atomic mass is 9.96. The van der Waals surface area contributed by atoms with Crippen molar-refractivity contribution in [1.82, 2.24) is 10.3 Å². The van der Waals surface area contributed by atoms with Crippen LogP contribution in [0.5, 0.6) is 5.75 Å². The molecule has 5 nitrogen and oxygen atoms in total. The lowest BCUT2D eigenvalue weighted by Crippen LogP contribution is -2.11. The number of rotatable bonds is 4. The van der Waals surface area contributed by atoms with Crippen LogP contribution < -0.4 is 10.1 Å². The SMILES string of the molecule is CNC1=C(c2cc(OC)cc(C(F)(F)F)c2)C(=O)C(c2cccnc2)O1. The van der Waals surface area contributed by atoms with Crippen LogP contribution in [0.3, 0.4) is 0 Å². The molecular weight excluding hydrogens is 349 g/mol. The minimum Gasteiger partial charge on any atom is -0.497 e. The standard InChI is InChI=1S/C18H15F3N2O3/c1-22-17-14(15(24)16(26-17)10-4-3-5-23-9-10)11-6-12(18(19,20)21)8-13(7-11)25-2/h3-9,16,22H,1-2H3. The Morgan fingerprint density at radius 2 is 2.04 bits per heavy atom. The summed E-state index contributed by atoms with van der Waals surface area (Å²) < 4.78 is 50.1. The van der Waals surface area contributed by atoms with Crippen molar-refractivity contribution in [2.45, 2.75) is 12.3 Å². The first-order chi connectivity index (χ1) is 12.3. The summed E-state index contributed by atoms with van der Waals surface area (Å²) in [5, 5.41) is 2.73. The molecule has 2 heterocycles. The summed E-state index contributed by atoms with van der Waals surface area (Å²) in [4.78, 5) is 16.8. The summed E-state index contributed by atoms with van der Waals surface area (Å²) in [5.74, 6) is -0.357. The van der Waals surface area contributed by atoms with E-state index in [1.807, 2.05) is 0 Å². The maximum atomic E-state index is 13.2. The third-order valence-electron chi connectivity index (χ3n) is 3.92. The third kappa shape index (κ3) is 3.22. The number of hydrogen-bond acceptors (Lipinski definition) is 5. The predicted octanol–water partition coefficient (Wildman–Crippen LogP) is 3.34. The number of ketones is 1. The van der Waals surface area contributed by atoms with Crippen molar-refractivity contribution in [2.24, 2.45) is 0 Å². The Bertz CT molecular complexity index is 864. The maximum absolute atomic E-state index is 13.2. The second kappa shape index (κ2) is 6.70. The Morgan fingerprint density at radius 3 is 2.62 bits per heavy atom. The van der Waals surface area contributed by atoms with Gasteiger partial charge in [0, 0.05) is 25.0 Å². The molecule has 136 valence electrons. The van der Waals surface area contributed by atoms with Crippen molar-refractivity contribution in [3.8, 4) is 5.75 Å². The number of methoxy groups -OCH3 is 1. The van der Waals surface area contributed by atoms with Gasteiger partial charge in [-0.05, 0) is 29.8 Å². The van der Waals surface area contributed by atoms with Gasteiger partial charge in [-0.15, -0.1) is 0 Å². The molecule has 1 N–H and O–H groups in total. The van der Waals surface area contributed by atoms with Gasteiger partial charge in [0.15, 0.2) is 12.0 Å². The Hall–Kier alpha value is -3.03. The van der Waals surface area contributed by atoms with Crippen molar-refractivity contribution in [3.63, 3.8) is 0 Å². The fourth-order valence-electron chi connectivity index (χ4n) is 2.71. The number of pyridine rings is 1. The van der Waals surface area contributed by atoms with Gasteiger partial charge in [0.2, 0.25) is 5.78 Å². The Morgan fingerprint density at radius 1 is 1.27 bits per heavy atom. The van der Waals surface area contributed by atoms with Crippen molar-refractivity contribution < 1.29 is 27.4 Å². The van der Waals surface area contributed by atoms with Crippen LogP contribution in [-0.4, -0.2) is 24.9 Å². The lowest BCUT2D eigenvalue weighted by Gasteiger charge is -2.12. The number of nitrogens with zero attached hydrogens (tertiary/aromatic N) is 1. The summed E-state index contributed by atoms with van der Waals surface area (Å²) in [7, 11) is 2.79. The molecular formula is C18H15F3N2O3. The highest BCUT2D eigenvalue weighted by Crippen LogP contribution is 2.40. The maximum Gasteiger partial charge on any atom is 0.416 e. The van der Waals surface area contributed by atoms with Crippen molar-refractivity contribution >= 4 is 11.4 Å². The summed E-state index contributed by atoms with van der Waals surface area (Å²) >= 11 is 0. The highest BCUT2D eigenvalue weighted by molar-refractivity contribution is 6.25. The van der Waals surface area contributed by atoms with E-state index in [1.54, 1.807) is 18.3 Å². The molecule has 0 spiro atoms. The minimum atomic E-state index is -4.57. The average Bonchev–Trinajstić information content (AvgIpc) is 2.97. The number of aromatic nitrogens is 1. The van der Waals surface area contributed by atoms with Crippen molar-refractivity contribution in [3.05, 3.63) is 65.3 Å².